The molecule has 0 radical (unpaired) electrons. The molecule has 2 aromatic heterocycles. The number of aromatic nitrogens is 4. The molecule has 1 amide bonds. The maximum absolute atomic E-state index is 12.3. The molecule has 4 rings (SSSR count). The van der Waals surface area contributed by atoms with E-state index in [1.165, 1.54) is 16.0 Å². The number of aryl methyl sites for hydroxylation is 1. The smallest absolute Gasteiger partial charge is 0.277 e. The number of rotatable bonds is 4. The Hall–Kier alpha value is -3.13. The molecule has 7 nitrogen and oxygen atoms in total. The van der Waals surface area contributed by atoms with Crippen molar-refractivity contribution in [3.8, 4) is 0 Å². The zero-order valence-electron chi connectivity index (χ0n) is 13.0. The van der Waals surface area contributed by atoms with Gasteiger partial charge in [-0.1, -0.05) is 40.8 Å². The molecule has 1 N–H and O–H groups in total. The second-order valence-corrected chi connectivity index (χ2v) is 6.45. The first-order chi connectivity index (χ1) is 12.2. The zero-order valence-corrected chi connectivity index (χ0v) is 13.9. The van der Waals surface area contributed by atoms with E-state index in [1.54, 1.807) is 24.3 Å². The monoisotopic (exact) mass is 351 g/mol. The molecule has 0 atom stereocenters. The first-order valence-electron chi connectivity index (χ1n) is 7.69. The number of fused-ring (bicyclic) bond motifs is 2. The average Bonchev–Trinajstić information content (AvgIpc) is 3.03. The predicted octanol–water partition coefficient (Wildman–Crippen LogP) is 2.43. The predicted molar refractivity (Wildman–Crippen MR) is 96.7 cm³/mol. The molecule has 2 heterocycles. The van der Waals surface area contributed by atoms with Crippen LogP contribution in [0.2, 0.25) is 0 Å². The van der Waals surface area contributed by atoms with E-state index in [4.69, 9.17) is 0 Å². The lowest BCUT2D eigenvalue weighted by Gasteiger charge is -2.04. The Balaban J connectivity index is 1.46. The normalized spacial score (nSPS) is 11.0. The van der Waals surface area contributed by atoms with Crippen molar-refractivity contribution in [1.82, 2.24) is 20.0 Å². The van der Waals surface area contributed by atoms with Crippen LogP contribution in [0.15, 0.2) is 53.3 Å². The molecule has 0 aliphatic heterocycles. The number of para-hydroxylation sites is 1. The molecule has 25 heavy (non-hydrogen) atoms. The number of anilines is 1. The highest BCUT2D eigenvalue weighted by atomic mass is 32.1. The van der Waals surface area contributed by atoms with Gasteiger partial charge in [0.25, 0.3) is 5.56 Å². The lowest BCUT2D eigenvalue weighted by atomic mass is 10.2. The number of hydrogen-bond acceptors (Lipinski definition) is 6. The summed E-state index contributed by atoms with van der Waals surface area (Å²) in [5, 5.41) is 11.7. The van der Waals surface area contributed by atoms with Crippen LogP contribution in [-0.4, -0.2) is 25.9 Å². The molecule has 0 aliphatic carbocycles. The third kappa shape index (κ3) is 3.11. The van der Waals surface area contributed by atoms with Gasteiger partial charge in [0.05, 0.1) is 22.1 Å². The molecule has 8 heteroatoms. The number of nitrogens with one attached hydrogen (secondary N) is 1. The summed E-state index contributed by atoms with van der Waals surface area (Å²) in [4.78, 5) is 28.8. The average molecular weight is 351 g/mol. The molecule has 0 bridgehead atoms. The van der Waals surface area contributed by atoms with Crippen molar-refractivity contribution < 1.29 is 4.79 Å². The fraction of sp³-hybridized carbons (Fsp3) is 0.118. The molecule has 0 fully saturated rings. The topological polar surface area (TPSA) is 89.8 Å². The van der Waals surface area contributed by atoms with Crippen LogP contribution in [0.3, 0.4) is 0 Å². The molecule has 0 saturated heterocycles. The molecule has 0 aliphatic rings. The van der Waals surface area contributed by atoms with Crippen LogP contribution >= 0.6 is 11.3 Å². The van der Waals surface area contributed by atoms with Gasteiger partial charge in [0, 0.05) is 6.42 Å². The van der Waals surface area contributed by atoms with Crippen LogP contribution in [0.5, 0.6) is 0 Å². The molecule has 2 aromatic carbocycles. The quantitative estimate of drug-likeness (QED) is 0.610. The molecular formula is C17H13N5O2S. The van der Waals surface area contributed by atoms with Crippen LogP contribution < -0.4 is 10.9 Å². The van der Waals surface area contributed by atoms with Crippen LogP contribution in [0, 0.1) is 0 Å². The Morgan fingerprint density at radius 3 is 2.68 bits per heavy atom. The Morgan fingerprint density at radius 1 is 1.08 bits per heavy atom. The summed E-state index contributed by atoms with van der Waals surface area (Å²) in [6.07, 6.45) is 0.114. The van der Waals surface area contributed by atoms with Gasteiger partial charge < -0.3 is 5.32 Å². The Bertz CT molecular complexity index is 1100. The van der Waals surface area contributed by atoms with Crippen molar-refractivity contribution in [3.05, 3.63) is 58.9 Å². The summed E-state index contributed by atoms with van der Waals surface area (Å²) in [5.41, 5.74) is 1.14. The van der Waals surface area contributed by atoms with Crippen LogP contribution in [0.25, 0.3) is 21.1 Å². The van der Waals surface area contributed by atoms with Gasteiger partial charge in [0.1, 0.15) is 5.52 Å². The largest absolute Gasteiger partial charge is 0.302 e. The molecule has 0 unspecified atom stereocenters. The van der Waals surface area contributed by atoms with Gasteiger partial charge in [-0.15, -0.1) is 5.10 Å². The number of carbonyl (C=O) groups excluding carboxylic acids is 1. The summed E-state index contributed by atoms with van der Waals surface area (Å²) in [6, 6.07) is 14.7. The number of carbonyl (C=O) groups is 1. The van der Waals surface area contributed by atoms with Crippen molar-refractivity contribution in [2.75, 3.05) is 5.32 Å². The first-order valence-corrected chi connectivity index (χ1v) is 8.50. The summed E-state index contributed by atoms with van der Waals surface area (Å²) in [5.74, 6) is -0.221. The van der Waals surface area contributed by atoms with E-state index in [1.807, 2.05) is 24.3 Å². The van der Waals surface area contributed by atoms with E-state index >= 15 is 0 Å². The minimum Gasteiger partial charge on any atom is -0.302 e. The summed E-state index contributed by atoms with van der Waals surface area (Å²) in [7, 11) is 0. The second kappa shape index (κ2) is 6.40. The van der Waals surface area contributed by atoms with Crippen molar-refractivity contribution in [2.24, 2.45) is 0 Å². The Labute approximate surface area is 145 Å². The minimum absolute atomic E-state index is 0.114. The fourth-order valence-corrected chi connectivity index (χ4v) is 3.37. The number of nitrogens with zero attached hydrogens (tertiary/aromatic N) is 4. The van der Waals surface area contributed by atoms with Gasteiger partial charge in [0.2, 0.25) is 5.91 Å². The number of thiazole rings is 1. The van der Waals surface area contributed by atoms with E-state index in [-0.39, 0.29) is 24.4 Å². The van der Waals surface area contributed by atoms with Crippen molar-refractivity contribution in [2.45, 2.75) is 13.0 Å². The van der Waals surface area contributed by atoms with Crippen molar-refractivity contribution in [1.29, 1.82) is 0 Å². The van der Waals surface area contributed by atoms with Gasteiger partial charge in [-0.05, 0) is 24.3 Å². The van der Waals surface area contributed by atoms with Crippen LogP contribution in [0.1, 0.15) is 6.42 Å². The highest BCUT2D eigenvalue weighted by Crippen LogP contribution is 2.25. The van der Waals surface area contributed by atoms with Gasteiger partial charge in [-0.2, -0.15) is 0 Å². The number of hydrogen-bond donors (Lipinski definition) is 1. The van der Waals surface area contributed by atoms with E-state index in [2.05, 4.69) is 20.6 Å². The van der Waals surface area contributed by atoms with Crippen molar-refractivity contribution >= 4 is 43.5 Å². The van der Waals surface area contributed by atoms with Crippen LogP contribution in [0.4, 0.5) is 5.13 Å². The summed E-state index contributed by atoms with van der Waals surface area (Å²) < 4.78 is 2.22. The highest BCUT2D eigenvalue weighted by molar-refractivity contribution is 7.22. The third-order valence-electron chi connectivity index (χ3n) is 3.72. The summed E-state index contributed by atoms with van der Waals surface area (Å²) in [6.45, 7) is 0.160. The van der Waals surface area contributed by atoms with E-state index in [9.17, 15) is 9.59 Å². The first kappa shape index (κ1) is 15.4. The number of amides is 1. The van der Waals surface area contributed by atoms with E-state index < -0.39 is 0 Å². The molecule has 0 saturated carbocycles. The molecule has 4 aromatic rings. The minimum atomic E-state index is -0.251. The standard InChI is InChI=1S/C17H13N5O2S/c23-15(19-17-18-13-7-3-4-8-14(13)25-17)9-10-22-16(24)11-5-1-2-6-12(11)20-21-22/h1-8H,9-10H2,(H,18,19,23). The van der Waals surface area contributed by atoms with Gasteiger partial charge in [-0.25, -0.2) is 9.67 Å². The fourth-order valence-electron chi connectivity index (χ4n) is 2.48. The van der Waals surface area contributed by atoms with Gasteiger partial charge >= 0.3 is 0 Å². The molecule has 0 spiro atoms. The van der Waals surface area contributed by atoms with Crippen LogP contribution in [-0.2, 0) is 11.3 Å². The van der Waals surface area contributed by atoms with Crippen molar-refractivity contribution in [3.63, 3.8) is 0 Å². The zero-order chi connectivity index (χ0) is 17.2. The molecule has 124 valence electrons. The third-order valence-corrected chi connectivity index (χ3v) is 4.67. The molecular weight excluding hydrogens is 338 g/mol. The SMILES string of the molecule is O=C(CCn1nnc2ccccc2c1=O)Nc1nc2ccccc2s1. The maximum atomic E-state index is 12.3. The van der Waals surface area contributed by atoms with Gasteiger partial charge in [-0.3, -0.25) is 9.59 Å². The van der Waals surface area contributed by atoms with E-state index in [0.29, 0.717) is 16.0 Å². The Morgan fingerprint density at radius 2 is 1.84 bits per heavy atom. The maximum Gasteiger partial charge on any atom is 0.277 e. The second-order valence-electron chi connectivity index (χ2n) is 5.42. The van der Waals surface area contributed by atoms with Gasteiger partial charge in [0.15, 0.2) is 5.13 Å². The lowest BCUT2D eigenvalue weighted by molar-refractivity contribution is -0.116. The summed E-state index contributed by atoms with van der Waals surface area (Å²) >= 11 is 1.41. The lowest BCUT2D eigenvalue weighted by Crippen LogP contribution is -2.26. The Kier molecular flexibility index (Phi) is 3.95. The highest BCUT2D eigenvalue weighted by Gasteiger charge is 2.10. The number of benzene rings is 2. The van der Waals surface area contributed by atoms with E-state index in [0.717, 1.165) is 10.2 Å².